The van der Waals surface area contributed by atoms with Gasteiger partial charge in [-0.05, 0) is 12.8 Å². The Hall–Kier alpha value is -2.38. The SMILES string of the molecule is CC(C)C(NC(=O)C(N)CC(=O)O)C(=O)NC(CS)C(=O)NC(C(=O)O)C(C)O. The van der Waals surface area contributed by atoms with Gasteiger partial charge < -0.3 is 37.0 Å². The molecule has 29 heavy (non-hydrogen) atoms. The number of aliphatic carboxylic acids is 2. The van der Waals surface area contributed by atoms with E-state index in [4.69, 9.17) is 15.9 Å². The summed E-state index contributed by atoms with van der Waals surface area (Å²) < 4.78 is 0. The van der Waals surface area contributed by atoms with Gasteiger partial charge in [0.05, 0.1) is 18.6 Å². The molecule has 12 nitrogen and oxygen atoms in total. The summed E-state index contributed by atoms with van der Waals surface area (Å²) in [5.74, 6) is -5.89. The van der Waals surface area contributed by atoms with Gasteiger partial charge in [0.2, 0.25) is 17.7 Å². The summed E-state index contributed by atoms with van der Waals surface area (Å²) in [5, 5.41) is 33.9. The van der Waals surface area contributed by atoms with E-state index in [-0.39, 0.29) is 5.75 Å². The van der Waals surface area contributed by atoms with E-state index in [1.54, 1.807) is 13.8 Å². The second kappa shape index (κ2) is 12.2. The summed E-state index contributed by atoms with van der Waals surface area (Å²) in [6, 6.07) is -5.34. The van der Waals surface area contributed by atoms with Gasteiger partial charge in [-0.1, -0.05) is 13.8 Å². The molecule has 0 aliphatic heterocycles. The number of thiol groups is 1. The summed E-state index contributed by atoms with van der Waals surface area (Å²) in [5.41, 5.74) is 5.47. The van der Waals surface area contributed by atoms with Crippen LogP contribution in [0.4, 0.5) is 0 Å². The van der Waals surface area contributed by atoms with Crippen molar-refractivity contribution in [2.24, 2.45) is 11.7 Å². The number of carboxylic acid groups (broad SMARTS) is 2. The molecule has 0 rings (SSSR count). The van der Waals surface area contributed by atoms with Crippen molar-refractivity contribution < 1.29 is 39.3 Å². The van der Waals surface area contributed by atoms with E-state index in [9.17, 15) is 29.1 Å². The molecule has 0 heterocycles. The molecule has 5 unspecified atom stereocenters. The van der Waals surface area contributed by atoms with Crippen molar-refractivity contribution in [2.45, 2.75) is 57.5 Å². The Kier molecular flexibility index (Phi) is 11.2. The predicted octanol–water partition coefficient (Wildman–Crippen LogP) is -2.71. The smallest absolute Gasteiger partial charge is 0.328 e. The van der Waals surface area contributed by atoms with E-state index in [0.29, 0.717) is 0 Å². The van der Waals surface area contributed by atoms with Crippen LogP contribution in [0.15, 0.2) is 0 Å². The van der Waals surface area contributed by atoms with E-state index in [2.05, 4.69) is 28.6 Å². The fraction of sp³-hybridized carbons (Fsp3) is 0.688. The third-order valence-electron chi connectivity index (χ3n) is 3.84. The zero-order chi connectivity index (χ0) is 22.9. The van der Waals surface area contributed by atoms with Gasteiger partial charge in [0.15, 0.2) is 6.04 Å². The quantitative estimate of drug-likeness (QED) is 0.149. The van der Waals surface area contributed by atoms with E-state index in [1.807, 2.05) is 0 Å². The van der Waals surface area contributed by atoms with E-state index >= 15 is 0 Å². The van der Waals surface area contributed by atoms with E-state index in [0.717, 1.165) is 0 Å². The number of hydrogen-bond donors (Lipinski definition) is 8. The molecule has 13 heteroatoms. The third kappa shape index (κ3) is 9.11. The van der Waals surface area contributed by atoms with Crippen molar-refractivity contribution in [3.63, 3.8) is 0 Å². The third-order valence-corrected chi connectivity index (χ3v) is 4.21. The molecule has 0 spiro atoms. The maximum absolute atomic E-state index is 12.5. The Labute approximate surface area is 173 Å². The highest BCUT2D eigenvalue weighted by molar-refractivity contribution is 7.80. The first-order chi connectivity index (χ1) is 13.3. The lowest BCUT2D eigenvalue weighted by Crippen LogP contribution is -2.59. The molecule has 0 radical (unpaired) electrons. The Bertz CT molecular complexity index is 628. The molecule has 0 aromatic heterocycles. The first-order valence-corrected chi connectivity index (χ1v) is 9.35. The van der Waals surface area contributed by atoms with Crippen molar-refractivity contribution in [1.82, 2.24) is 16.0 Å². The summed E-state index contributed by atoms with van der Waals surface area (Å²) in [7, 11) is 0. The van der Waals surface area contributed by atoms with Gasteiger partial charge in [-0.2, -0.15) is 12.6 Å². The second-order valence-electron chi connectivity index (χ2n) is 6.74. The molecule has 166 valence electrons. The van der Waals surface area contributed by atoms with Gasteiger partial charge in [0, 0.05) is 5.75 Å². The highest BCUT2D eigenvalue weighted by Gasteiger charge is 2.32. The molecule has 0 saturated heterocycles. The predicted molar refractivity (Wildman–Crippen MR) is 104 cm³/mol. The Morgan fingerprint density at radius 2 is 1.41 bits per heavy atom. The summed E-state index contributed by atoms with van der Waals surface area (Å²) in [4.78, 5) is 58.5. The number of aliphatic hydroxyl groups is 1. The van der Waals surface area contributed by atoms with Gasteiger partial charge >= 0.3 is 11.9 Å². The maximum atomic E-state index is 12.5. The zero-order valence-electron chi connectivity index (χ0n) is 16.3. The molecule has 0 aromatic carbocycles. The second-order valence-corrected chi connectivity index (χ2v) is 7.11. The van der Waals surface area contributed by atoms with Crippen LogP contribution < -0.4 is 21.7 Å². The number of carbonyl (C=O) groups excluding carboxylic acids is 3. The van der Waals surface area contributed by atoms with Gasteiger partial charge in [-0.25, -0.2) is 4.79 Å². The average molecular weight is 436 g/mol. The standard InChI is InChI=1S/C16H28N4O8S/c1-6(2)11(19-13(24)8(17)4-10(22)23)15(26)18-9(5-29)14(25)20-12(7(3)21)16(27)28/h6-9,11-12,21,29H,4-5,17H2,1-3H3,(H,18,26)(H,19,24)(H,20,25)(H,22,23)(H,27,28). The minimum Gasteiger partial charge on any atom is -0.481 e. The van der Waals surface area contributed by atoms with E-state index < -0.39 is 72.3 Å². The van der Waals surface area contributed by atoms with Crippen molar-refractivity contribution in [1.29, 1.82) is 0 Å². The van der Waals surface area contributed by atoms with Crippen LogP contribution in [-0.4, -0.2) is 81.0 Å². The molecule has 8 N–H and O–H groups in total. The highest BCUT2D eigenvalue weighted by atomic mass is 32.1. The Morgan fingerprint density at radius 1 is 0.897 bits per heavy atom. The van der Waals surface area contributed by atoms with Crippen molar-refractivity contribution in [3.05, 3.63) is 0 Å². The molecule has 0 bridgehead atoms. The Balaban J connectivity index is 5.17. The van der Waals surface area contributed by atoms with Crippen LogP contribution in [0.5, 0.6) is 0 Å². The first kappa shape index (κ1) is 26.6. The molecule has 5 atom stereocenters. The number of nitrogens with two attached hydrogens (primary N) is 1. The number of amides is 3. The zero-order valence-corrected chi connectivity index (χ0v) is 17.2. The molecule has 0 aliphatic rings. The number of rotatable bonds is 12. The van der Waals surface area contributed by atoms with Gasteiger partial charge in [0.25, 0.3) is 0 Å². The molecule has 0 fully saturated rings. The summed E-state index contributed by atoms with van der Waals surface area (Å²) in [6.45, 7) is 4.39. The average Bonchev–Trinajstić information content (AvgIpc) is 2.59. The molecule has 0 aliphatic carbocycles. The monoisotopic (exact) mass is 436 g/mol. The molecular formula is C16H28N4O8S. The molecular weight excluding hydrogens is 408 g/mol. The Morgan fingerprint density at radius 3 is 1.79 bits per heavy atom. The van der Waals surface area contributed by atoms with Crippen LogP contribution in [0.3, 0.4) is 0 Å². The van der Waals surface area contributed by atoms with E-state index in [1.165, 1.54) is 6.92 Å². The maximum Gasteiger partial charge on any atom is 0.328 e. The van der Waals surface area contributed by atoms with Crippen molar-refractivity contribution in [3.8, 4) is 0 Å². The summed E-state index contributed by atoms with van der Waals surface area (Å²) in [6.07, 6.45) is -2.01. The number of carbonyl (C=O) groups is 5. The van der Waals surface area contributed by atoms with Gasteiger partial charge in [-0.3, -0.25) is 19.2 Å². The van der Waals surface area contributed by atoms with Crippen LogP contribution >= 0.6 is 12.6 Å². The number of hydrogen-bond acceptors (Lipinski definition) is 8. The lowest BCUT2D eigenvalue weighted by atomic mass is 10.0. The van der Waals surface area contributed by atoms with Crippen molar-refractivity contribution in [2.75, 3.05) is 5.75 Å². The van der Waals surface area contributed by atoms with Gasteiger partial charge in [0.1, 0.15) is 12.1 Å². The molecule has 3 amide bonds. The van der Waals surface area contributed by atoms with Crippen molar-refractivity contribution >= 4 is 42.3 Å². The van der Waals surface area contributed by atoms with Crippen LogP contribution in [-0.2, 0) is 24.0 Å². The fourth-order valence-corrected chi connectivity index (χ4v) is 2.43. The number of carboxylic acids is 2. The fourth-order valence-electron chi connectivity index (χ4n) is 2.17. The van der Waals surface area contributed by atoms with Gasteiger partial charge in [-0.15, -0.1) is 0 Å². The molecule has 0 saturated carbocycles. The highest BCUT2D eigenvalue weighted by Crippen LogP contribution is 2.05. The number of aliphatic hydroxyl groups excluding tert-OH is 1. The number of nitrogens with one attached hydrogen (secondary N) is 3. The van der Waals surface area contributed by atoms with Crippen LogP contribution in [0.25, 0.3) is 0 Å². The van der Waals surface area contributed by atoms with Crippen LogP contribution in [0, 0.1) is 5.92 Å². The lowest BCUT2D eigenvalue weighted by molar-refractivity contribution is -0.145. The topological polar surface area (TPSA) is 208 Å². The van der Waals surface area contributed by atoms with Crippen LogP contribution in [0.1, 0.15) is 27.2 Å². The van der Waals surface area contributed by atoms with Crippen LogP contribution in [0.2, 0.25) is 0 Å². The minimum absolute atomic E-state index is 0.193. The normalized spacial score (nSPS) is 16.1. The lowest BCUT2D eigenvalue weighted by Gasteiger charge is -2.26. The first-order valence-electron chi connectivity index (χ1n) is 8.72. The minimum atomic E-state index is -1.59. The molecule has 0 aromatic rings. The largest absolute Gasteiger partial charge is 0.481 e. The summed E-state index contributed by atoms with van der Waals surface area (Å²) >= 11 is 3.96.